The molecule has 0 unspecified atom stereocenters. The van der Waals surface area contributed by atoms with Crippen molar-refractivity contribution in [3.05, 3.63) is 77.3 Å². The van der Waals surface area contributed by atoms with E-state index in [2.05, 4.69) is 38.1 Å². The van der Waals surface area contributed by atoms with Gasteiger partial charge in [0.05, 0.1) is 15.9 Å². The van der Waals surface area contributed by atoms with E-state index in [9.17, 15) is 8.42 Å². The predicted molar refractivity (Wildman–Crippen MR) is 115 cm³/mol. The van der Waals surface area contributed by atoms with Gasteiger partial charge in [0.1, 0.15) is 0 Å². The summed E-state index contributed by atoms with van der Waals surface area (Å²) in [6.45, 7) is 0.370. The molecule has 0 saturated heterocycles. The fraction of sp³-hybridized carbons (Fsp3) is 0.0500. The number of fused-ring (bicyclic) bond motifs is 1. The zero-order chi connectivity index (χ0) is 20.4. The van der Waals surface area contributed by atoms with Crippen LogP contribution in [0.5, 0.6) is 0 Å². The first kappa shape index (κ1) is 19.3. The third-order valence-corrected chi connectivity index (χ3v) is 5.74. The van der Waals surface area contributed by atoms with Crippen LogP contribution in [0.15, 0.2) is 76.5 Å². The molecule has 3 aromatic heterocycles. The number of hydrogen-bond donors (Lipinski definition) is 2. The maximum absolute atomic E-state index is 11.3. The van der Waals surface area contributed by atoms with Crippen LogP contribution in [0.3, 0.4) is 0 Å². The highest BCUT2D eigenvalue weighted by Gasteiger charge is 2.13. The average Bonchev–Trinajstić information content (AvgIpc) is 3.33. The molecule has 7 nitrogen and oxygen atoms in total. The summed E-state index contributed by atoms with van der Waals surface area (Å²) in [5.41, 5.74) is 2.18. The molecule has 0 fully saturated rings. The molecule has 0 radical (unpaired) electrons. The maximum atomic E-state index is 11.3. The van der Waals surface area contributed by atoms with E-state index in [-0.39, 0.29) is 4.90 Å². The molecule has 9 heteroatoms. The van der Waals surface area contributed by atoms with E-state index in [1.54, 1.807) is 12.1 Å². The topological polar surface area (TPSA) is 94.4 Å². The van der Waals surface area contributed by atoms with Crippen molar-refractivity contribution >= 4 is 37.3 Å². The van der Waals surface area contributed by atoms with Crippen molar-refractivity contribution in [1.82, 2.24) is 14.0 Å². The number of rotatable bonds is 4. The molecule has 0 aliphatic rings. The summed E-state index contributed by atoms with van der Waals surface area (Å²) in [6.07, 6.45) is 5.83. The second kappa shape index (κ2) is 7.75. The van der Waals surface area contributed by atoms with Gasteiger partial charge in [0.15, 0.2) is 17.2 Å². The molecule has 0 bridgehead atoms. The highest BCUT2D eigenvalue weighted by Crippen LogP contribution is 2.23. The van der Waals surface area contributed by atoms with Gasteiger partial charge in [-0.15, -0.1) is 0 Å². The fourth-order valence-corrected chi connectivity index (χ4v) is 3.81. The molecule has 29 heavy (non-hydrogen) atoms. The quantitative estimate of drug-likeness (QED) is 0.449. The number of halogens is 1. The smallest absolute Gasteiger partial charge is 0.238 e. The van der Waals surface area contributed by atoms with Gasteiger partial charge in [-0.3, -0.25) is 4.40 Å². The molecule has 3 heterocycles. The average molecular weight is 470 g/mol. The van der Waals surface area contributed by atoms with Crippen molar-refractivity contribution in [3.8, 4) is 17.7 Å². The van der Waals surface area contributed by atoms with Gasteiger partial charge in [-0.05, 0) is 70.4 Å². The molecule has 4 rings (SSSR count). The van der Waals surface area contributed by atoms with Crippen LogP contribution in [0.2, 0.25) is 0 Å². The Morgan fingerprint density at radius 1 is 1.07 bits per heavy atom. The maximum Gasteiger partial charge on any atom is 0.238 e. The van der Waals surface area contributed by atoms with Crippen LogP contribution in [0.1, 0.15) is 5.69 Å². The van der Waals surface area contributed by atoms with E-state index >= 15 is 0 Å². The third-order valence-electron chi connectivity index (χ3n) is 4.20. The molecule has 0 aliphatic carbocycles. The number of benzene rings is 1. The summed E-state index contributed by atoms with van der Waals surface area (Å²) in [7, 11) is -3.70. The van der Waals surface area contributed by atoms with Crippen LogP contribution in [0, 0.1) is 11.8 Å². The Hall–Kier alpha value is -3.06. The zero-order valence-electron chi connectivity index (χ0n) is 15.1. The number of pyridine rings is 1. The number of nitrogens with one attached hydrogen (secondary N) is 1. The largest absolute Gasteiger partial charge is 0.374 e. The van der Waals surface area contributed by atoms with E-state index in [0.717, 1.165) is 21.6 Å². The van der Waals surface area contributed by atoms with Gasteiger partial charge >= 0.3 is 0 Å². The highest BCUT2D eigenvalue weighted by atomic mass is 79.9. The zero-order valence-corrected chi connectivity index (χ0v) is 17.5. The number of hydrogen-bond acceptors (Lipinski definition) is 4. The van der Waals surface area contributed by atoms with Gasteiger partial charge < -0.3 is 9.88 Å². The molecular formula is C20H16BrN5O2S. The third kappa shape index (κ3) is 4.05. The van der Waals surface area contributed by atoms with Crippen LogP contribution in [0.25, 0.3) is 11.5 Å². The Bertz CT molecular complexity index is 1330. The van der Waals surface area contributed by atoms with Gasteiger partial charge in [0.2, 0.25) is 10.0 Å². The normalized spacial score (nSPS) is 11.2. The lowest BCUT2D eigenvalue weighted by Crippen LogP contribution is -2.12. The number of aromatic nitrogens is 3. The van der Waals surface area contributed by atoms with Crippen molar-refractivity contribution in [2.24, 2.45) is 5.14 Å². The van der Waals surface area contributed by atoms with Crippen molar-refractivity contribution in [2.45, 2.75) is 4.90 Å². The van der Waals surface area contributed by atoms with Gasteiger partial charge in [-0.1, -0.05) is 5.92 Å². The van der Waals surface area contributed by atoms with Crippen LogP contribution in [0.4, 0.5) is 5.69 Å². The second-order valence-corrected chi connectivity index (χ2v) is 8.56. The van der Waals surface area contributed by atoms with E-state index in [4.69, 9.17) is 5.14 Å². The Balaban J connectivity index is 1.59. The molecule has 0 spiro atoms. The molecule has 4 aromatic rings. The van der Waals surface area contributed by atoms with Crippen molar-refractivity contribution in [1.29, 1.82) is 0 Å². The monoisotopic (exact) mass is 469 g/mol. The minimum atomic E-state index is -3.70. The molecule has 0 amide bonds. The number of primary sulfonamides is 1. The number of anilines is 1. The van der Waals surface area contributed by atoms with E-state index < -0.39 is 10.0 Å². The predicted octanol–water partition coefficient (Wildman–Crippen LogP) is 3.00. The lowest BCUT2D eigenvalue weighted by atomic mass is 10.3. The summed E-state index contributed by atoms with van der Waals surface area (Å²) < 4.78 is 27.5. The number of sulfonamides is 1. The Labute approximate surface area is 176 Å². The minimum absolute atomic E-state index is 0.0702. The first-order valence-electron chi connectivity index (χ1n) is 8.59. The van der Waals surface area contributed by atoms with Gasteiger partial charge in [-0.2, -0.15) is 0 Å². The number of nitrogens with two attached hydrogens (primary N) is 1. The van der Waals surface area contributed by atoms with Crippen LogP contribution in [-0.2, 0) is 10.0 Å². The van der Waals surface area contributed by atoms with Crippen LogP contribution < -0.4 is 10.5 Å². The number of imidazole rings is 1. The molecule has 0 saturated carbocycles. The van der Waals surface area contributed by atoms with Gasteiger partial charge in [-0.25, -0.2) is 18.5 Å². The second-order valence-electron chi connectivity index (χ2n) is 6.15. The van der Waals surface area contributed by atoms with E-state index in [0.29, 0.717) is 12.2 Å². The minimum Gasteiger partial charge on any atom is -0.374 e. The Morgan fingerprint density at radius 2 is 1.79 bits per heavy atom. The summed E-state index contributed by atoms with van der Waals surface area (Å²) in [5, 5.41) is 8.24. The molecule has 0 atom stereocenters. The first-order chi connectivity index (χ1) is 13.9. The van der Waals surface area contributed by atoms with E-state index in [1.165, 1.54) is 12.1 Å². The van der Waals surface area contributed by atoms with Gasteiger partial charge in [0.25, 0.3) is 0 Å². The lowest BCUT2D eigenvalue weighted by Gasteiger charge is -2.04. The summed E-state index contributed by atoms with van der Waals surface area (Å²) in [5.74, 6) is 7.05. The molecular weight excluding hydrogens is 454 g/mol. The molecule has 146 valence electrons. The fourth-order valence-electron chi connectivity index (χ4n) is 2.86. The molecule has 3 N–H and O–H groups in total. The molecule has 1 aromatic carbocycles. The summed E-state index contributed by atoms with van der Waals surface area (Å²) >= 11 is 3.53. The SMILES string of the molecule is NS(=O)(=O)c1ccc(NCC#Cc2nc3c(Br)cccn3c2-n2cccc2)cc1. The van der Waals surface area contributed by atoms with Gasteiger partial charge in [0, 0.05) is 24.3 Å². The van der Waals surface area contributed by atoms with E-state index in [1.807, 2.05) is 51.8 Å². The standard InChI is InChI=1S/C20H16BrN5O2S/c21-17-5-4-14-26-19(17)24-18(20(26)25-12-1-2-13-25)6-3-11-23-15-7-9-16(10-8-15)29(22,27)28/h1-2,4-5,7-10,12-14,23H,11H2,(H2,22,27,28). The molecule has 0 aliphatic heterocycles. The summed E-state index contributed by atoms with van der Waals surface area (Å²) in [6, 6.07) is 14.0. The Kier molecular flexibility index (Phi) is 5.15. The highest BCUT2D eigenvalue weighted by molar-refractivity contribution is 9.10. The first-order valence-corrected chi connectivity index (χ1v) is 10.9. The summed E-state index contributed by atoms with van der Waals surface area (Å²) in [4.78, 5) is 4.73. The lowest BCUT2D eigenvalue weighted by molar-refractivity contribution is 0.598. The number of nitrogens with zero attached hydrogens (tertiary/aromatic N) is 3. The van der Waals surface area contributed by atoms with Crippen molar-refractivity contribution in [2.75, 3.05) is 11.9 Å². The van der Waals surface area contributed by atoms with Crippen LogP contribution >= 0.6 is 15.9 Å². The van der Waals surface area contributed by atoms with Crippen molar-refractivity contribution < 1.29 is 8.42 Å². The Morgan fingerprint density at radius 3 is 2.48 bits per heavy atom. The van der Waals surface area contributed by atoms with Crippen LogP contribution in [-0.4, -0.2) is 28.9 Å². The van der Waals surface area contributed by atoms with Crippen molar-refractivity contribution in [3.63, 3.8) is 0 Å².